The van der Waals surface area contributed by atoms with Crippen LogP contribution in [-0.2, 0) is 0 Å². The lowest BCUT2D eigenvalue weighted by Gasteiger charge is -2.23. The number of nitrogens with zero attached hydrogens (tertiary/aromatic N) is 3. The van der Waals surface area contributed by atoms with Crippen molar-refractivity contribution in [2.75, 3.05) is 38.1 Å². The van der Waals surface area contributed by atoms with E-state index < -0.39 is 6.10 Å². The van der Waals surface area contributed by atoms with E-state index in [1.54, 1.807) is 6.92 Å². The third-order valence-corrected chi connectivity index (χ3v) is 3.59. The summed E-state index contributed by atoms with van der Waals surface area (Å²) in [6, 6.07) is 3.92. The van der Waals surface area contributed by atoms with Gasteiger partial charge in [-0.3, -0.25) is 4.98 Å². The minimum absolute atomic E-state index is 0.492. The average Bonchev–Trinajstić information content (AvgIpc) is 2.89. The number of hydrogen-bond donors (Lipinski definition) is 1. The van der Waals surface area contributed by atoms with Crippen molar-refractivity contribution in [1.82, 2.24) is 9.88 Å². The Labute approximate surface area is 109 Å². The van der Waals surface area contributed by atoms with Gasteiger partial charge in [0, 0.05) is 20.1 Å². The molecule has 100 valence electrons. The predicted molar refractivity (Wildman–Crippen MR) is 73.8 cm³/mol. The second-order valence-electron chi connectivity index (χ2n) is 5.09. The normalized spacial score (nSPS) is 17.9. The third kappa shape index (κ3) is 3.43. The van der Waals surface area contributed by atoms with E-state index in [0.29, 0.717) is 0 Å². The molecule has 1 aliphatic heterocycles. The lowest BCUT2D eigenvalue weighted by atomic mass is 10.2. The number of likely N-dealkylation sites (N-methyl/N-ethyl adjacent to an activating group) is 1. The van der Waals surface area contributed by atoms with E-state index in [9.17, 15) is 5.11 Å². The molecule has 1 fully saturated rings. The van der Waals surface area contributed by atoms with Crippen molar-refractivity contribution in [3.63, 3.8) is 0 Å². The Kier molecular flexibility index (Phi) is 4.55. The highest BCUT2D eigenvalue weighted by Gasteiger charge is 2.12. The molecule has 2 rings (SSSR count). The number of anilines is 1. The summed E-state index contributed by atoms with van der Waals surface area (Å²) in [5.41, 5.74) is 1.84. The maximum atomic E-state index is 9.42. The topological polar surface area (TPSA) is 39.6 Å². The van der Waals surface area contributed by atoms with Gasteiger partial charge in [0.25, 0.3) is 0 Å². The number of hydrogen-bond acceptors (Lipinski definition) is 4. The number of aliphatic hydroxyl groups is 1. The van der Waals surface area contributed by atoms with Gasteiger partial charge in [-0.05, 0) is 45.0 Å². The zero-order valence-corrected chi connectivity index (χ0v) is 11.3. The SMILES string of the molecule is CC(O)c1ccc(N(C)CCN2CCCC2)cn1. The van der Waals surface area contributed by atoms with Crippen LogP contribution in [0.1, 0.15) is 31.6 Å². The van der Waals surface area contributed by atoms with E-state index in [4.69, 9.17) is 0 Å². The lowest BCUT2D eigenvalue weighted by Crippen LogP contribution is -2.31. The van der Waals surface area contributed by atoms with Gasteiger partial charge in [-0.1, -0.05) is 0 Å². The molecule has 4 heteroatoms. The van der Waals surface area contributed by atoms with Crippen LogP contribution in [0.2, 0.25) is 0 Å². The molecule has 2 heterocycles. The fourth-order valence-corrected chi connectivity index (χ4v) is 2.30. The number of aliphatic hydroxyl groups excluding tert-OH is 1. The maximum absolute atomic E-state index is 9.42. The molecule has 0 amide bonds. The van der Waals surface area contributed by atoms with Crippen molar-refractivity contribution in [1.29, 1.82) is 0 Å². The zero-order valence-electron chi connectivity index (χ0n) is 11.3. The molecule has 0 saturated carbocycles. The van der Waals surface area contributed by atoms with Crippen LogP contribution in [0.4, 0.5) is 5.69 Å². The Bertz CT molecular complexity index is 358. The molecule has 0 aliphatic carbocycles. The smallest absolute Gasteiger partial charge is 0.0931 e. The Hall–Kier alpha value is -1.13. The highest BCUT2D eigenvalue weighted by atomic mass is 16.3. The van der Waals surface area contributed by atoms with Crippen LogP contribution < -0.4 is 4.90 Å². The van der Waals surface area contributed by atoms with Crippen LogP contribution in [0.25, 0.3) is 0 Å². The summed E-state index contributed by atoms with van der Waals surface area (Å²) in [7, 11) is 2.09. The van der Waals surface area contributed by atoms with Crippen LogP contribution in [0.15, 0.2) is 18.3 Å². The largest absolute Gasteiger partial charge is 0.387 e. The first-order valence-electron chi connectivity index (χ1n) is 6.74. The second kappa shape index (κ2) is 6.16. The minimum Gasteiger partial charge on any atom is -0.387 e. The highest BCUT2D eigenvalue weighted by Crippen LogP contribution is 2.15. The Balaban J connectivity index is 1.85. The first-order chi connectivity index (χ1) is 8.66. The molecule has 1 atom stereocenters. The molecule has 1 aromatic rings. The van der Waals surface area contributed by atoms with Crippen molar-refractivity contribution < 1.29 is 5.11 Å². The summed E-state index contributed by atoms with van der Waals surface area (Å²) in [4.78, 5) is 9.00. The fraction of sp³-hybridized carbons (Fsp3) is 0.643. The summed E-state index contributed by atoms with van der Waals surface area (Å²) in [5, 5.41) is 9.42. The third-order valence-electron chi connectivity index (χ3n) is 3.59. The molecular weight excluding hydrogens is 226 g/mol. The van der Waals surface area contributed by atoms with Gasteiger partial charge >= 0.3 is 0 Å². The standard InChI is InChI=1S/C14H23N3O/c1-12(18)14-6-5-13(11-15-14)16(2)9-10-17-7-3-4-8-17/h5-6,11-12,18H,3-4,7-10H2,1-2H3. The number of likely N-dealkylation sites (tertiary alicyclic amines) is 1. The molecule has 18 heavy (non-hydrogen) atoms. The zero-order chi connectivity index (χ0) is 13.0. The van der Waals surface area contributed by atoms with Gasteiger partial charge in [-0.25, -0.2) is 0 Å². The van der Waals surface area contributed by atoms with Gasteiger partial charge in [0.05, 0.1) is 23.7 Å². The van der Waals surface area contributed by atoms with E-state index >= 15 is 0 Å². The number of pyridine rings is 1. The van der Waals surface area contributed by atoms with Gasteiger partial charge in [0.1, 0.15) is 0 Å². The molecule has 4 nitrogen and oxygen atoms in total. The molecule has 1 unspecified atom stereocenters. The molecule has 1 saturated heterocycles. The molecule has 1 N–H and O–H groups in total. The second-order valence-corrected chi connectivity index (χ2v) is 5.09. The summed E-state index contributed by atoms with van der Waals surface area (Å²) >= 11 is 0. The molecule has 0 spiro atoms. The van der Waals surface area contributed by atoms with Crippen LogP contribution in [-0.4, -0.2) is 48.2 Å². The number of rotatable bonds is 5. The van der Waals surface area contributed by atoms with E-state index in [0.717, 1.165) is 24.5 Å². The van der Waals surface area contributed by atoms with E-state index in [1.807, 2.05) is 18.3 Å². The van der Waals surface area contributed by atoms with Gasteiger partial charge < -0.3 is 14.9 Å². The van der Waals surface area contributed by atoms with E-state index in [2.05, 4.69) is 21.8 Å². The molecule has 0 radical (unpaired) electrons. The Morgan fingerprint density at radius 3 is 2.67 bits per heavy atom. The van der Waals surface area contributed by atoms with E-state index in [1.165, 1.54) is 25.9 Å². The number of aromatic nitrogens is 1. The van der Waals surface area contributed by atoms with Crippen molar-refractivity contribution in [3.8, 4) is 0 Å². The maximum Gasteiger partial charge on any atom is 0.0931 e. The molecular formula is C14H23N3O. The average molecular weight is 249 g/mol. The molecule has 0 aromatic carbocycles. The molecule has 0 bridgehead atoms. The Morgan fingerprint density at radius 1 is 1.39 bits per heavy atom. The van der Waals surface area contributed by atoms with Gasteiger partial charge in [-0.2, -0.15) is 0 Å². The summed E-state index contributed by atoms with van der Waals surface area (Å²) in [6.45, 7) is 6.36. The predicted octanol–water partition coefficient (Wildman–Crippen LogP) is 1.67. The van der Waals surface area contributed by atoms with Gasteiger partial charge in [0.15, 0.2) is 0 Å². The monoisotopic (exact) mass is 249 g/mol. The first-order valence-corrected chi connectivity index (χ1v) is 6.74. The first kappa shape index (κ1) is 13.3. The highest BCUT2D eigenvalue weighted by molar-refractivity contribution is 5.43. The summed E-state index contributed by atoms with van der Waals surface area (Å²) in [6.07, 6.45) is 4.03. The van der Waals surface area contributed by atoms with Crippen LogP contribution >= 0.6 is 0 Å². The van der Waals surface area contributed by atoms with E-state index in [-0.39, 0.29) is 0 Å². The van der Waals surface area contributed by atoms with Gasteiger partial charge in [0.2, 0.25) is 0 Å². The van der Waals surface area contributed by atoms with Crippen molar-refractivity contribution in [2.45, 2.75) is 25.9 Å². The quantitative estimate of drug-likeness (QED) is 0.861. The fourth-order valence-electron chi connectivity index (χ4n) is 2.30. The van der Waals surface area contributed by atoms with Crippen molar-refractivity contribution in [2.24, 2.45) is 0 Å². The van der Waals surface area contributed by atoms with Crippen molar-refractivity contribution in [3.05, 3.63) is 24.0 Å². The van der Waals surface area contributed by atoms with Crippen molar-refractivity contribution >= 4 is 5.69 Å². The van der Waals surface area contributed by atoms with Gasteiger partial charge in [-0.15, -0.1) is 0 Å². The van der Waals surface area contributed by atoms with Crippen LogP contribution in [0.5, 0.6) is 0 Å². The van der Waals surface area contributed by atoms with Crippen LogP contribution in [0, 0.1) is 0 Å². The molecule has 1 aromatic heterocycles. The molecule has 1 aliphatic rings. The van der Waals surface area contributed by atoms with Crippen LogP contribution in [0.3, 0.4) is 0 Å². The summed E-state index contributed by atoms with van der Waals surface area (Å²) in [5.74, 6) is 0. The minimum atomic E-state index is -0.492. The summed E-state index contributed by atoms with van der Waals surface area (Å²) < 4.78 is 0. The lowest BCUT2D eigenvalue weighted by molar-refractivity contribution is 0.194. The Morgan fingerprint density at radius 2 is 2.11 bits per heavy atom.